The number of phenolic OH excluding ortho intramolecular Hbond substituents is 1. The molecular weight excluding hydrogens is 388 g/mol. The van der Waals surface area contributed by atoms with Crippen molar-refractivity contribution in [1.82, 2.24) is 20.1 Å². The number of halogens is 1. The summed E-state index contributed by atoms with van der Waals surface area (Å²) >= 11 is 0. The topological polar surface area (TPSA) is 113 Å². The number of benzene rings is 1. The minimum Gasteiger partial charge on any atom is -0.508 e. The van der Waals surface area contributed by atoms with Gasteiger partial charge in [-0.15, -0.1) is 12.4 Å². The molecule has 29 heavy (non-hydrogen) atoms. The second-order valence-electron chi connectivity index (χ2n) is 7.30. The fourth-order valence-electron chi connectivity index (χ4n) is 4.26. The molecule has 0 atom stereocenters. The number of nitrogens with two attached hydrogens (primary N) is 1. The molecule has 3 aromatic rings. The molecule has 1 aliphatic carbocycles. The number of phenols is 1. The molecule has 1 aliphatic heterocycles. The Kier molecular flexibility index (Phi) is 4.91. The summed E-state index contributed by atoms with van der Waals surface area (Å²) in [6, 6.07) is 9.61. The van der Waals surface area contributed by atoms with Crippen LogP contribution in [0.3, 0.4) is 0 Å². The van der Waals surface area contributed by atoms with E-state index in [1.54, 1.807) is 12.1 Å². The van der Waals surface area contributed by atoms with E-state index >= 15 is 0 Å². The Hall–Kier alpha value is -3.08. The Bertz CT molecular complexity index is 1120. The number of rotatable bonds is 1. The molecule has 0 amide bonds. The zero-order valence-electron chi connectivity index (χ0n) is 15.8. The third-order valence-corrected chi connectivity index (χ3v) is 5.58. The summed E-state index contributed by atoms with van der Waals surface area (Å²) < 4.78 is 2.02. The summed E-state index contributed by atoms with van der Waals surface area (Å²) in [4.78, 5) is 4.57. The molecule has 0 bridgehead atoms. The van der Waals surface area contributed by atoms with Crippen LogP contribution in [0, 0.1) is 11.3 Å². The maximum absolute atomic E-state index is 9.82. The monoisotopic (exact) mass is 408 g/mol. The Morgan fingerprint density at radius 2 is 2.10 bits per heavy atom. The van der Waals surface area contributed by atoms with E-state index in [4.69, 9.17) is 10.8 Å². The third kappa shape index (κ3) is 3.11. The zero-order chi connectivity index (χ0) is 19.3. The minimum atomic E-state index is 0. The lowest BCUT2D eigenvalue weighted by Gasteiger charge is -2.22. The van der Waals surface area contributed by atoms with Gasteiger partial charge in [-0.3, -0.25) is 4.68 Å². The number of nitrogens with one attached hydrogen (secondary N) is 1. The Labute approximate surface area is 174 Å². The van der Waals surface area contributed by atoms with Gasteiger partial charge in [-0.05, 0) is 61.2 Å². The SMILES string of the molecule is Cl.N#Cc1c(N)nc2c(c1-c1cc3n(n1)CCCNC3)CCc1cc(O)ccc1-2. The normalized spacial score (nSPS) is 14.6. The first-order chi connectivity index (χ1) is 13.7. The fraction of sp³-hybridized carbons (Fsp3) is 0.286. The first-order valence-corrected chi connectivity index (χ1v) is 9.48. The summed E-state index contributed by atoms with van der Waals surface area (Å²) in [6.45, 7) is 2.60. The van der Waals surface area contributed by atoms with Crippen LogP contribution in [-0.2, 0) is 25.9 Å². The molecule has 8 heteroatoms. The van der Waals surface area contributed by atoms with Crippen molar-refractivity contribution in [2.45, 2.75) is 32.4 Å². The maximum Gasteiger partial charge on any atom is 0.142 e. The number of aryl methyl sites for hydroxylation is 2. The van der Waals surface area contributed by atoms with Crippen LogP contribution in [0.4, 0.5) is 5.82 Å². The summed E-state index contributed by atoms with van der Waals surface area (Å²) in [5, 5.41) is 27.8. The summed E-state index contributed by atoms with van der Waals surface area (Å²) in [6.07, 6.45) is 2.52. The summed E-state index contributed by atoms with van der Waals surface area (Å²) in [5.74, 6) is 0.466. The molecule has 2 aliphatic rings. The number of hydrogen-bond acceptors (Lipinski definition) is 6. The van der Waals surface area contributed by atoms with E-state index in [0.29, 0.717) is 5.56 Å². The number of nitrogen functional groups attached to an aromatic ring is 1. The highest BCUT2D eigenvalue weighted by atomic mass is 35.5. The van der Waals surface area contributed by atoms with Crippen LogP contribution in [0.2, 0.25) is 0 Å². The van der Waals surface area contributed by atoms with Crippen LogP contribution in [-0.4, -0.2) is 26.4 Å². The molecule has 7 nitrogen and oxygen atoms in total. The van der Waals surface area contributed by atoms with E-state index in [1.807, 2.05) is 10.7 Å². The van der Waals surface area contributed by atoms with Gasteiger partial charge in [-0.2, -0.15) is 10.4 Å². The molecule has 0 saturated heterocycles. The van der Waals surface area contributed by atoms with Gasteiger partial charge in [0.25, 0.3) is 0 Å². The van der Waals surface area contributed by atoms with Crippen LogP contribution < -0.4 is 11.1 Å². The van der Waals surface area contributed by atoms with Gasteiger partial charge in [0.2, 0.25) is 0 Å². The van der Waals surface area contributed by atoms with E-state index < -0.39 is 0 Å². The van der Waals surface area contributed by atoms with E-state index in [9.17, 15) is 10.4 Å². The zero-order valence-corrected chi connectivity index (χ0v) is 16.6. The Morgan fingerprint density at radius 1 is 1.24 bits per heavy atom. The number of hydrogen-bond donors (Lipinski definition) is 3. The molecule has 0 spiro atoms. The standard InChI is InChI=1S/C21H20N6O.ClH/c22-10-17-19(18-9-13-11-24-6-1-7-27(13)26-18)16-4-2-12-8-14(28)3-5-15(12)20(16)25-21(17)23;/h3,5,8-9,24,28H,1-2,4,6-7,11H2,(H2,23,25);1H. The molecular formula is C21H21ClN6O. The third-order valence-electron chi connectivity index (χ3n) is 5.58. The van der Waals surface area contributed by atoms with Gasteiger partial charge in [0.05, 0.1) is 17.1 Å². The lowest BCUT2D eigenvalue weighted by Crippen LogP contribution is -2.12. The molecule has 0 unspecified atom stereocenters. The van der Waals surface area contributed by atoms with Gasteiger partial charge in [0.1, 0.15) is 23.2 Å². The average molecular weight is 409 g/mol. The van der Waals surface area contributed by atoms with Crippen molar-refractivity contribution in [2.24, 2.45) is 0 Å². The molecule has 0 radical (unpaired) electrons. The van der Waals surface area contributed by atoms with Crippen LogP contribution >= 0.6 is 12.4 Å². The molecule has 3 heterocycles. The molecule has 0 fully saturated rings. The van der Waals surface area contributed by atoms with Gasteiger partial charge in [-0.25, -0.2) is 4.98 Å². The lowest BCUT2D eigenvalue weighted by atomic mass is 9.84. The summed E-state index contributed by atoms with van der Waals surface area (Å²) in [7, 11) is 0. The van der Waals surface area contributed by atoms with Crippen molar-refractivity contribution in [1.29, 1.82) is 5.26 Å². The smallest absolute Gasteiger partial charge is 0.142 e. The van der Waals surface area contributed by atoms with Crippen molar-refractivity contribution < 1.29 is 5.11 Å². The van der Waals surface area contributed by atoms with E-state index in [-0.39, 0.29) is 24.0 Å². The highest BCUT2D eigenvalue weighted by Crippen LogP contribution is 2.41. The average Bonchev–Trinajstić information content (AvgIpc) is 2.96. The van der Waals surface area contributed by atoms with Gasteiger partial charge < -0.3 is 16.2 Å². The number of anilines is 1. The molecule has 2 aromatic heterocycles. The van der Waals surface area contributed by atoms with Crippen molar-refractivity contribution in [3.8, 4) is 34.3 Å². The largest absolute Gasteiger partial charge is 0.508 e. The first kappa shape index (κ1) is 19.2. The van der Waals surface area contributed by atoms with E-state index in [1.165, 1.54) is 0 Å². The summed E-state index contributed by atoms with van der Waals surface area (Å²) in [5.41, 5.74) is 13.1. The van der Waals surface area contributed by atoms with Crippen LogP contribution in [0.25, 0.3) is 22.5 Å². The van der Waals surface area contributed by atoms with Crippen molar-refractivity contribution in [3.63, 3.8) is 0 Å². The number of nitrogens with zero attached hydrogens (tertiary/aromatic N) is 4. The number of pyridine rings is 1. The van der Waals surface area contributed by atoms with E-state index in [2.05, 4.69) is 22.4 Å². The van der Waals surface area contributed by atoms with Gasteiger partial charge in [0.15, 0.2) is 0 Å². The predicted molar refractivity (Wildman–Crippen MR) is 113 cm³/mol. The van der Waals surface area contributed by atoms with Gasteiger partial charge in [-0.1, -0.05) is 0 Å². The first-order valence-electron chi connectivity index (χ1n) is 9.48. The molecule has 1 aromatic carbocycles. The predicted octanol–water partition coefficient (Wildman–Crippen LogP) is 2.79. The van der Waals surface area contributed by atoms with Crippen LogP contribution in [0.15, 0.2) is 24.3 Å². The number of fused-ring (bicyclic) bond motifs is 4. The Balaban J connectivity index is 0.00000205. The van der Waals surface area contributed by atoms with Crippen molar-refractivity contribution in [3.05, 3.63) is 46.6 Å². The van der Waals surface area contributed by atoms with Gasteiger partial charge in [0, 0.05) is 24.2 Å². The van der Waals surface area contributed by atoms with Crippen LogP contribution in [0.1, 0.15) is 28.8 Å². The number of nitriles is 1. The highest BCUT2D eigenvalue weighted by Gasteiger charge is 2.27. The lowest BCUT2D eigenvalue weighted by molar-refractivity contribution is 0.474. The maximum atomic E-state index is 9.82. The highest BCUT2D eigenvalue weighted by molar-refractivity contribution is 5.86. The number of aromatic nitrogens is 3. The second-order valence-corrected chi connectivity index (χ2v) is 7.30. The fourth-order valence-corrected chi connectivity index (χ4v) is 4.26. The van der Waals surface area contributed by atoms with Crippen LogP contribution in [0.5, 0.6) is 5.75 Å². The molecule has 4 N–H and O–H groups in total. The van der Waals surface area contributed by atoms with Crippen molar-refractivity contribution >= 4 is 18.2 Å². The quantitative estimate of drug-likeness (QED) is 0.570. The minimum absolute atomic E-state index is 0. The van der Waals surface area contributed by atoms with E-state index in [0.717, 1.165) is 78.2 Å². The molecule has 5 rings (SSSR count). The molecule has 148 valence electrons. The Morgan fingerprint density at radius 3 is 2.93 bits per heavy atom. The number of aromatic hydroxyl groups is 1. The molecule has 0 saturated carbocycles. The second kappa shape index (κ2) is 7.39. The van der Waals surface area contributed by atoms with Crippen molar-refractivity contribution in [2.75, 3.05) is 12.3 Å². The van der Waals surface area contributed by atoms with Gasteiger partial charge >= 0.3 is 0 Å².